The molecule has 5 amide bonds. The molecule has 0 saturated carbocycles. The van der Waals surface area contributed by atoms with E-state index in [0.29, 0.717) is 31.4 Å². The van der Waals surface area contributed by atoms with Crippen LogP contribution >= 0.6 is 0 Å². The summed E-state index contributed by atoms with van der Waals surface area (Å²) in [7, 11) is 0. The Labute approximate surface area is 273 Å². The number of aliphatic hydroxyl groups excluding tert-OH is 1. The van der Waals surface area contributed by atoms with Crippen LogP contribution in [-0.4, -0.2) is 81.5 Å². The fourth-order valence-electron chi connectivity index (χ4n) is 5.27. The highest BCUT2D eigenvalue weighted by molar-refractivity contribution is 5.93. The molecule has 0 aliphatic carbocycles. The van der Waals surface area contributed by atoms with Gasteiger partial charge in [-0.3, -0.25) is 24.0 Å². The smallest absolute Gasteiger partial charge is 0.243 e. The molecule has 3 aromatic rings. The highest BCUT2D eigenvalue weighted by atomic mass is 16.3. The molecule has 1 aromatic heterocycles. The third-order valence-electron chi connectivity index (χ3n) is 7.69. The summed E-state index contributed by atoms with van der Waals surface area (Å²) < 4.78 is 0. The predicted octanol–water partition coefficient (Wildman–Crippen LogP) is 0.00300. The second-order valence-electron chi connectivity index (χ2n) is 11.6. The Kier molecular flexibility index (Phi) is 13.7. The number of hydrogen-bond acceptors (Lipinski definition) is 8. The van der Waals surface area contributed by atoms with Crippen LogP contribution in [0.3, 0.4) is 0 Å². The van der Waals surface area contributed by atoms with E-state index < -0.39 is 59.8 Å². The van der Waals surface area contributed by atoms with E-state index in [2.05, 4.69) is 26.3 Å². The first-order valence-electron chi connectivity index (χ1n) is 15.6. The lowest BCUT2D eigenvalue weighted by molar-refractivity contribution is -0.132. The van der Waals surface area contributed by atoms with Crippen molar-refractivity contribution in [2.24, 2.45) is 11.5 Å². The van der Waals surface area contributed by atoms with Gasteiger partial charge in [0.2, 0.25) is 29.5 Å². The van der Waals surface area contributed by atoms with Gasteiger partial charge in [-0.2, -0.15) is 0 Å². The first-order valence-corrected chi connectivity index (χ1v) is 15.6. The third-order valence-corrected chi connectivity index (χ3v) is 7.69. The molecule has 11 N–H and O–H groups in total. The van der Waals surface area contributed by atoms with E-state index >= 15 is 0 Å². The second kappa shape index (κ2) is 17.7. The highest BCUT2D eigenvalue weighted by Crippen LogP contribution is 2.20. The molecule has 0 aliphatic rings. The van der Waals surface area contributed by atoms with Crippen LogP contribution in [-0.2, 0) is 36.8 Å². The monoisotopic (exact) mass is 651 g/mol. The average Bonchev–Trinajstić information content (AvgIpc) is 3.42. The van der Waals surface area contributed by atoms with E-state index in [9.17, 15) is 34.2 Å². The number of phenolic OH excluding ortho intramolecular Hbond substituents is 1. The Hall–Kier alpha value is -4.95. The molecule has 0 fully saturated rings. The molecule has 0 radical (unpaired) electrons. The van der Waals surface area contributed by atoms with Crippen LogP contribution in [0.25, 0.3) is 10.9 Å². The Bertz CT molecular complexity index is 1520. The molecule has 0 aliphatic heterocycles. The van der Waals surface area contributed by atoms with E-state index in [1.54, 1.807) is 18.3 Å². The molecule has 1 heterocycles. The van der Waals surface area contributed by atoms with E-state index in [4.69, 9.17) is 11.5 Å². The van der Waals surface area contributed by atoms with Crippen molar-refractivity contribution >= 4 is 40.4 Å². The molecule has 0 unspecified atom stereocenters. The highest BCUT2D eigenvalue weighted by Gasteiger charge is 2.30. The van der Waals surface area contributed by atoms with Gasteiger partial charge >= 0.3 is 0 Å². The standard InChI is InChI=1S/C33H45N7O7/c1-19(41)30(31(35)45)40-29(44)17-23(7-5-6-14-34)38-32(46)28(16-22-18-36-26-9-4-3-8-25(22)26)39-33(47)27(37-20(2)42)15-21-10-12-24(43)13-11-21/h3-4,8-13,18-19,23,27-28,30,36,41,43H,5-7,14-17,34H2,1-2H3,(H2,35,45)(H,37,42)(H,38,46)(H,39,47)(H,40,44)/t19-,23+,27+,28-,30+/m1/s1. The van der Waals surface area contributed by atoms with Gasteiger partial charge in [0.1, 0.15) is 23.9 Å². The Morgan fingerprint density at radius 3 is 2.17 bits per heavy atom. The summed E-state index contributed by atoms with van der Waals surface area (Å²) in [5.74, 6) is -3.08. The predicted molar refractivity (Wildman–Crippen MR) is 176 cm³/mol. The zero-order valence-electron chi connectivity index (χ0n) is 26.6. The Balaban J connectivity index is 1.87. The number of nitrogens with two attached hydrogens (primary N) is 2. The van der Waals surface area contributed by atoms with Crippen molar-refractivity contribution in [1.29, 1.82) is 0 Å². The van der Waals surface area contributed by atoms with Crippen LogP contribution in [0, 0.1) is 0 Å². The van der Waals surface area contributed by atoms with Gasteiger partial charge in [0.15, 0.2) is 0 Å². The zero-order chi connectivity index (χ0) is 34.5. The number of H-pyrrole nitrogens is 1. The minimum Gasteiger partial charge on any atom is -0.508 e. The Morgan fingerprint density at radius 1 is 0.872 bits per heavy atom. The SMILES string of the molecule is CC(=O)N[C@@H](Cc1ccc(O)cc1)C(=O)N[C@H](Cc1c[nH]c2ccccc12)C(=O)N[C@@H](CCCCN)CC(=O)N[C@H](C(N)=O)[C@@H](C)O. The minimum atomic E-state index is -1.31. The number of hydrogen-bond donors (Lipinski definition) is 9. The lowest BCUT2D eigenvalue weighted by Gasteiger charge is -2.26. The number of rotatable bonds is 18. The van der Waals surface area contributed by atoms with Gasteiger partial charge in [-0.25, -0.2) is 0 Å². The molecular weight excluding hydrogens is 606 g/mol. The van der Waals surface area contributed by atoms with Gasteiger partial charge in [-0.1, -0.05) is 36.8 Å². The number of para-hydroxylation sites is 1. The number of aromatic nitrogens is 1. The number of nitrogens with one attached hydrogen (secondary N) is 5. The van der Waals surface area contributed by atoms with Crippen LogP contribution in [0.2, 0.25) is 0 Å². The maximum atomic E-state index is 13.9. The van der Waals surface area contributed by atoms with Crippen molar-refractivity contribution in [3.8, 4) is 5.75 Å². The quantitative estimate of drug-likeness (QED) is 0.0846. The molecular formula is C33H45N7O7. The molecule has 5 atom stereocenters. The molecule has 14 heteroatoms. The summed E-state index contributed by atoms with van der Waals surface area (Å²) in [4.78, 5) is 67.4. The number of fused-ring (bicyclic) bond motifs is 1. The van der Waals surface area contributed by atoms with Crippen LogP contribution in [0.5, 0.6) is 5.75 Å². The number of primary amides is 1. The number of benzene rings is 2. The summed E-state index contributed by atoms with van der Waals surface area (Å²) >= 11 is 0. The molecule has 0 spiro atoms. The number of phenols is 1. The summed E-state index contributed by atoms with van der Waals surface area (Å²) in [6.45, 7) is 3.01. The van der Waals surface area contributed by atoms with E-state index in [1.807, 2.05) is 24.3 Å². The second-order valence-corrected chi connectivity index (χ2v) is 11.6. The lowest BCUT2D eigenvalue weighted by Crippen LogP contribution is -2.56. The summed E-state index contributed by atoms with van der Waals surface area (Å²) in [6.07, 6.45) is 2.07. The average molecular weight is 652 g/mol. The van der Waals surface area contributed by atoms with Crippen molar-refractivity contribution in [2.75, 3.05) is 6.54 Å². The summed E-state index contributed by atoms with van der Waals surface area (Å²) in [5, 5.41) is 31.1. The van der Waals surface area contributed by atoms with Crippen LogP contribution in [0.4, 0.5) is 0 Å². The molecule has 254 valence electrons. The lowest BCUT2D eigenvalue weighted by atomic mass is 10.0. The molecule has 0 saturated heterocycles. The minimum absolute atomic E-state index is 0.0514. The number of unbranched alkanes of at least 4 members (excludes halogenated alkanes) is 1. The third kappa shape index (κ3) is 11.4. The van der Waals surface area contributed by atoms with Gasteiger partial charge in [0, 0.05) is 49.3 Å². The molecule has 0 bridgehead atoms. The topological polar surface area (TPSA) is 242 Å². The molecule has 3 rings (SSSR count). The van der Waals surface area contributed by atoms with Gasteiger partial charge in [-0.15, -0.1) is 0 Å². The summed E-state index contributed by atoms with van der Waals surface area (Å²) in [5.41, 5.74) is 13.3. The fraction of sp³-hybridized carbons (Fsp3) is 0.424. The fourth-order valence-corrected chi connectivity index (χ4v) is 5.27. The van der Waals surface area contributed by atoms with Gasteiger partial charge < -0.3 is 47.9 Å². The number of aromatic amines is 1. The first kappa shape index (κ1) is 36.5. The number of amides is 5. The normalized spacial score (nSPS) is 14.3. The molecule has 14 nitrogen and oxygen atoms in total. The van der Waals surface area contributed by atoms with Gasteiger partial charge in [0.05, 0.1) is 6.10 Å². The molecule has 2 aromatic carbocycles. The maximum Gasteiger partial charge on any atom is 0.243 e. The largest absolute Gasteiger partial charge is 0.508 e. The Morgan fingerprint density at radius 2 is 1.53 bits per heavy atom. The zero-order valence-corrected chi connectivity index (χ0v) is 26.6. The number of carbonyl (C=O) groups is 5. The van der Waals surface area contributed by atoms with Crippen LogP contribution in [0.1, 0.15) is 50.7 Å². The first-order chi connectivity index (χ1) is 22.4. The number of aromatic hydroxyl groups is 1. The van der Waals surface area contributed by atoms with Crippen LogP contribution < -0.4 is 32.7 Å². The van der Waals surface area contributed by atoms with E-state index in [0.717, 1.165) is 16.5 Å². The van der Waals surface area contributed by atoms with E-state index in [1.165, 1.54) is 26.0 Å². The number of carbonyl (C=O) groups excluding carboxylic acids is 5. The maximum absolute atomic E-state index is 13.9. The number of aliphatic hydroxyl groups is 1. The summed E-state index contributed by atoms with van der Waals surface area (Å²) in [6, 6.07) is 9.53. The van der Waals surface area contributed by atoms with Gasteiger partial charge in [-0.05, 0) is 55.6 Å². The van der Waals surface area contributed by atoms with Crippen molar-refractivity contribution in [1.82, 2.24) is 26.3 Å². The van der Waals surface area contributed by atoms with Gasteiger partial charge in [0.25, 0.3) is 0 Å². The van der Waals surface area contributed by atoms with Crippen molar-refractivity contribution in [3.05, 3.63) is 65.9 Å². The van der Waals surface area contributed by atoms with Crippen molar-refractivity contribution < 1.29 is 34.2 Å². The van der Waals surface area contributed by atoms with Crippen molar-refractivity contribution in [2.45, 2.75) is 82.6 Å². The van der Waals surface area contributed by atoms with Crippen LogP contribution in [0.15, 0.2) is 54.7 Å². The van der Waals surface area contributed by atoms with Crippen molar-refractivity contribution in [3.63, 3.8) is 0 Å². The van der Waals surface area contributed by atoms with E-state index in [-0.39, 0.29) is 25.0 Å². The molecule has 47 heavy (non-hydrogen) atoms.